The number of hydrogen-bond acceptors (Lipinski definition) is 5. The molecule has 0 bridgehead atoms. The fourth-order valence-electron chi connectivity index (χ4n) is 3.20. The smallest absolute Gasteiger partial charge is 0.240 e. The van der Waals surface area contributed by atoms with E-state index < -0.39 is 10.0 Å². The molecule has 2 aromatic rings. The summed E-state index contributed by atoms with van der Waals surface area (Å²) in [6, 6.07) is 13.4. The zero-order chi connectivity index (χ0) is 20.0. The van der Waals surface area contributed by atoms with Gasteiger partial charge in [-0.3, -0.25) is 4.90 Å². The average Bonchev–Trinajstić information content (AvgIpc) is 2.68. The van der Waals surface area contributed by atoms with Gasteiger partial charge in [-0.05, 0) is 55.8 Å². The Kier molecular flexibility index (Phi) is 7.31. The molecule has 1 atom stereocenters. The number of nitrogens with one attached hydrogen (secondary N) is 1. The van der Waals surface area contributed by atoms with Crippen molar-refractivity contribution in [3.8, 4) is 11.5 Å². The van der Waals surface area contributed by atoms with Gasteiger partial charge in [0.1, 0.15) is 11.5 Å². The molecule has 0 aromatic heterocycles. The highest BCUT2D eigenvalue weighted by Gasteiger charge is 2.25. The zero-order valence-electron chi connectivity index (χ0n) is 15.8. The molecular weight excluding hydrogens is 400 g/mol. The number of benzene rings is 2. The van der Waals surface area contributed by atoms with Gasteiger partial charge in [-0.1, -0.05) is 23.7 Å². The molecule has 1 aliphatic rings. The van der Waals surface area contributed by atoms with Gasteiger partial charge in [-0.25, -0.2) is 13.1 Å². The predicted octanol–water partition coefficient (Wildman–Crippen LogP) is 3.52. The summed E-state index contributed by atoms with van der Waals surface area (Å²) in [6.45, 7) is 3.11. The molecular formula is C20H25ClN2O4S. The molecule has 6 nitrogen and oxygen atoms in total. The van der Waals surface area contributed by atoms with Gasteiger partial charge in [-0.15, -0.1) is 0 Å². The number of ether oxygens (including phenoxy) is 2. The molecule has 0 spiro atoms. The van der Waals surface area contributed by atoms with E-state index in [-0.39, 0.29) is 10.9 Å². The average molecular weight is 425 g/mol. The molecule has 0 aliphatic carbocycles. The van der Waals surface area contributed by atoms with Crippen molar-refractivity contribution < 1.29 is 17.9 Å². The van der Waals surface area contributed by atoms with E-state index in [1.807, 2.05) is 12.1 Å². The van der Waals surface area contributed by atoms with Gasteiger partial charge in [0.05, 0.1) is 16.5 Å². The first-order valence-corrected chi connectivity index (χ1v) is 11.1. The first-order valence-electron chi connectivity index (χ1n) is 9.24. The van der Waals surface area contributed by atoms with Crippen molar-refractivity contribution in [3.63, 3.8) is 0 Å². The Morgan fingerprint density at radius 2 is 1.93 bits per heavy atom. The van der Waals surface area contributed by atoms with Gasteiger partial charge < -0.3 is 9.47 Å². The van der Waals surface area contributed by atoms with Crippen molar-refractivity contribution in [1.82, 2.24) is 9.62 Å². The lowest BCUT2D eigenvalue weighted by Gasteiger charge is -2.32. The van der Waals surface area contributed by atoms with Gasteiger partial charge >= 0.3 is 0 Å². The highest BCUT2D eigenvalue weighted by molar-refractivity contribution is 7.89. The molecule has 8 heteroatoms. The third-order valence-electron chi connectivity index (χ3n) is 4.64. The molecule has 1 saturated heterocycles. The summed E-state index contributed by atoms with van der Waals surface area (Å²) in [6.07, 6.45) is 1.79. The van der Waals surface area contributed by atoms with Crippen LogP contribution >= 0.6 is 11.6 Å². The largest absolute Gasteiger partial charge is 0.456 e. The van der Waals surface area contributed by atoms with Gasteiger partial charge in [0.15, 0.2) is 0 Å². The quantitative estimate of drug-likeness (QED) is 0.702. The maximum absolute atomic E-state index is 12.7. The number of nitrogens with zero attached hydrogens (tertiary/aromatic N) is 1. The number of para-hydroxylation sites is 1. The van der Waals surface area contributed by atoms with Crippen molar-refractivity contribution in [3.05, 3.63) is 53.6 Å². The fourth-order valence-corrected chi connectivity index (χ4v) is 4.64. The second-order valence-corrected chi connectivity index (χ2v) is 8.88. The number of halogens is 1. The normalized spacial score (nSPS) is 18.1. The number of methoxy groups -OCH3 is 1. The van der Waals surface area contributed by atoms with Crippen LogP contribution in [-0.2, 0) is 14.8 Å². The third kappa shape index (κ3) is 5.68. The van der Waals surface area contributed by atoms with E-state index >= 15 is 0 Å². The van der Waals surface area contributed by atoms with Crippen LogP contribution in [0.5, 0.6) is 11.5 Å². The summed E-state index contributed by atoms with van der Waals surface area (Å²) in [7, 11) is -1.92. The van der Waals surface area contributed by atoms with Crippen LogP contribution in [0.25, 0.3) is 0 Å². The monoisotopic (exact) mass is 424 g/mol. The minimum Gasteiger partial charge on any atom is -0.456 e. The number of piperidine rings is 1. The number of hydrogen-bond donors (Lipinski definition) is 1. The van der Waals surface area contributed by atoms with Gasteiger partial charge in [0.2, 0.25) is 10.0 Å². The maximum atomic E-state index is 12.7. The van der Waals surface area contributed by atoms with Crippen LogP contribution in [0.1, 0.15) is 12.8 Å². The highest BCUT2D eigenvalue weighted by Crippen LogP contribution is 2.29. The standard InChI is InChI=1S/C20H25ClN2O4S/c1-26-14-13-23-12-4-5-16(15-23)22-28(24,25)18-10-8-17(9-11-18)27-20-7-3-2-6-19(20)21/h2-3,6-11,16,22H,4-5,12-15H2,1H3. The molecule has 1 fully saturated rings. The minimum atomic E-state index is -3.59. The Balaban J connectivity index is 1.63. The summed E-state index contributed by atoms with van der Waals surface area (Å²) < 4.78 is 39.1. The summed E-state index contributed by atoms with van der Waals surface area (Å²) in [5, 5.41) is 0.496. The molecule has 1 N–H and O–H groups in total. The Bertz CT molecular complexity index is 874. The number of rotatable bonds is 8. The molecule has 0 amide bonds. The van der Waals surface area contributed by atoms with Crippen LogP contribution in [0.15, 0.2) is 53.4 Å². The van der Waals surface area contributed by atoms with E-state index in [1.165, 1.54) is 0 Å². The van der Waals surface area contributed by atoms with Crippen LogP contribution in [0.3, 0.4) is 0 Å². The van der Waals surface area contributed by atoms with Gasteiger partial charge in [-0.2, -0.15) is 0 Å². The van der Waals surface area contributed by atoms with E-state index in [1.54, 1.807) is 43.5 Å². The molecule has 1 unspecified atom stereocenters. The predicted molar refractivity (Wildman–Crippen MR) is 110 cm³/mol. The Labute approximate surface area is 171 Å². The van der Waals surface area contributed by atoms with Crippen molar-refractivity contribution in [2.24, 2.45) is 0 Å². The maximum Gasteiger partial charge on any atom is 0.240 e. The van der Waals surface area contributed by atoms with Crippen LogP contribution < -0.4 is 9.46 Å². The van der Waals surface area contributed by atoms with E-state index in [2.05, 4.69) is 9.62 Å². The number of likely N-dealkylation sites (tertiary alicyclic amines) is 1. The molecule has 2 aromatic carbocycles. The lowest BCUT2D eigenvalue weighted by Crippen LogP contribution is -2.48. The molecule has 28 heavy (non-hydrogen) atoms. The number of sulfonamides is 1. The minimum absolute atomic E-state index is 0.102. The van der Waals surface area contributed by atoms with Crippen LogP contribution in [-0.4, -0.2) is 52.7 Å². The van der Waals surface area contributed by atoms with Crippen LogP contribution in [0.4, 0.5) is 0 Å². The van der Waals surface area contributed by atoms with E-state index in [4.69, 9.17) is 21.1 Å². The van der Waals surface area contributed by atoms with Crippen molar-refractivity contribution >= 4 is 21.6 Å². The van der Waals surface area contributed by atoms with E-state index in [9.17, 15) is 8.42 Å². The molecule has 1 heterocycles. The summed E-state index contributed by atoms with van der Waals surface area (Å²) in [4.78, 5) is 2.44. The molecule has 3 rings (SSSR count). The Hall–Kier alpha value is -1.64. The van der Waals surface area contributed by atoms with Gasteiger partial charge in [0.25, 0.3) is 0 Å². The van der Waals surface area contributed by atoms with Crippen molar-refractivity contribution in [2.45, 2.75) is 23.8 Å². The zero-order valence-corrected chi connectivity index (χ0v) is 17.4. The molecule has 0 radical (unpaired) electrons. The molecule has 0 saturated carbocycles. The molecule has 152 valence electrons. The highest BCUT2D eigenvalue weighted by atomic mass is 35.5. The third-order valence-corrected chi connectivity index (χ3v) is 6.49. The first kappa shape index (κ1) is 21.1. The SMILES string of the molecule is COCCN1CCCC(NS(=O)(=O)c2ccc(Oc3ccccc3Cl)cc2)C1. The molecule has 1 aliphatic heterocycles. The van der Waals surface area contributed by atoms with Crippen molar-refractivity contribution in [2.75, 3.05) is 33.4 Å². The fraction of sp³-hybridized carbons (Fsp3) is 0.400. The summed E-state index contributed by atoms with van der Waals surface area (Å²) in [5.74, 6) is 1.05. The Morgan fingerprint density at radius 1 is 1.18 bits per heavy atom. The topological polar surface area (TPSA) is 67.9 Å². The Morgan fingerprint density at radius 3 is 2.64 bits per heavy atom. The summed E-state index contributed by atoms with van der Waals surface area (Å²) in [5.41, 5.74) is 0. The second kappa shape index (κ2) is 9.71. The van der Waals surface area contributed by atoms with Crippen molar-refractivity contribution in [1.29, 1.82) is 0 Å². The van der Waals surface area contributed by atoms with Crippen LogP contribution in [0.2, 0.25) is 5.02 Å². The second-order valence-electron chi connectivity index (χ2n) is 6.76. The van der Waals surface area contributed by atoms with Crippen LogP contribution in [0, 0.1) is 0 Å². The van der Waals surface area contributed by atoms with E-state index in [0.717, 1.165) is 25.9 Å². The lowest BCUT2D eigenvalue weighted by atomic mass is 10.1. The lowest BCUT2D eigenvalue weighted by molar-refractivity contribution is 0.126. The summed E-state index contributed by atoms with van der Waals surface area (Å²) >= 11 is 6.09. The van der Waals surface area contributed by atoms with Gasteiger partial charge in [0, 0.05) is 26.2 Å². The van der Waals surface area contributed by atoms with E-state index in [0.29, 0.717) is 29.7 Å². The first-order chi connectivity index (χ1) is 13.5.